The van der Waals surface area contributed by atoms with Crippen molar-refractivity contribution in [3.8, 4) is 5.88 Å². The van der Waals surface area contributed by atoms with Crippen LogP contribution in [0.4, 0.5) is 5.95 Å². The van der Waals surface area contributed by atoms with Gasteiger partial charge >= 0.3 is 0 Å². The predicted molar refractivity (Wildman–Crippen MR) is 60.0 cm³/mol. The van der Waals surface area contributed by atoms with Crippen LogP contribution in [0.3, 0.4) is 0 Å². The maximum Gasteiger partial charge on any atom is 0.223 e. The molecule has 0 aromatic carbocycles. The highest BCUT2D eigenvalue weighted by atomic mass is 16.5. The van der Waals surface area contributed by atoms with Crippen molar-refractivity contribution in [1.82, 2.24) is 15.0 Å². The van der Waals surface area contributed by atoms with Gasteiger partial charge in [0.15, 0.2) is 0 Å². The molecule has 0 aliphatic rings. The van der Waals surface area contributed by atoms with Crippen LogP contribution < -0.4 is 10.5 Å². The predicted octanol–water partition coefficient (Wildman–Crippen LogP) is 1.05. The highest BCUT2D eigenvalue weighted by Gasteiger charge is 2.04. The van der Waals surface area contributed by atoms with E-state index in [-0.39, 0.29) is 5.95 Å². The average Bonchev–Trinajstić information content (AvgIpc) is 2.29. The summed E-state index contributed by atoms with van der Waals surface area (Å²) in [7, 11) is 1.55. The fraction of sp³-hybridized carbons (Fsp3) is 0.182. The third kappa shape index (κ3) is 2.44. The molecule has 5 heteroatoms. The third-order valence-corrected chi connectivity index (χ3v) is 2.07. The number of aromatic nitrogens is 3. The van der Waals surface area contributed by atoms with Crippen LogP contribution in [0.25, 0.3) is 0 Å². The van der Waals surface area contributed by atoms with Crippen LogP contribution in [0.1, 0.15) is 11.4 Å². The first kappa shape index (κ1) is 10.4. The summed E-state index contributed by atoms with van der Waals surface area (Å²) in [5.74, 6) is 0.684. The number of rotatable bonds is 3. The Morgan fingerprint density at radius 2 is 2.12 bits per heavy atom. The summed E-state index contributed by atoms with van der Waals surface area (Å²) in [6, 6.07) is 7.50. The molecule has 0 saturated heterocycles. The topological polar surface area (TPSA) is 73.9 Å². The van der Waals surface area contributed by atoms with Gasteiger partial charge in [0.1, 0.15) is 0 Å². The molecule has 0 atom stereocenters. The molecule has 0 saturated carbocycles. The number of hydrogen-bond donors (Lipinski definition) is 1. The normalized spacial score (nSPS) is 10.1. The number of pyridine rings is 1. The van der Waals surface area contributed by atoms with Gasteiger partial charge in [-0.2, -0.15) is 4.98 Å². The lowest BCUT2D eigenvalue weighted by atomic mass is 10.2. The summed E-state index contributed by atoms with van der Waals surface area (Å²) in [4.78, 5) is 12.3. The van der Waals surface area contributed by atoms with Crippen molar-refractivity contribution in [1.29, 1.82) is 0 Å². The fourth-order valence-electron chi connectivity index (χ4n) is 1.38. The minimum absolute atomic E-state index is 0.213. The first-order valence-corrected chi connectivity index (χ1v) is 4.85. The lowest BCUT2D eigenvalue weighted by molar-refractivity contribution is 0.397. The molecular weight excluding hydrogens is 204 g/mol. The van der Waals surface area contributed by atoms with E-state index in [1.165, 1.54) is 0 Å². The molecule has 0 amide bonds. The molecule has 2 N–H and O–H groups in total. The first-order chi connectivity index (χ1) is 7.78. The quantitative estimate of drug-likeness (QED) is 0.830. The van der Waals surface area contributed by atoms with Crippen molar-refractivity contribution in [3.05, 3.63) is 41.9 Å². The van der Waals surface area contributed by atoms with E-state index in [0.717, 1.165) is 11.4 Å². The maximum atomic E-state index is 5.57. The van der Waals surface area contributed by atoms with Gasteiger partial charge in [-0.3, -0.25) is 4.98 Å². The van der Waals surface area contributed by atoms with Crippen LogP contribution in [-0.2, 0) is 6.42 Å². The lowest BCUT2D eigenvalue weighted by Gasteiger charge is -2.04. The van der Waals surface area contributed by atoms with Crippen LogP contribution >= 0.6 is 0 Å². The molecule has 0 radical (unpaired) electrons. The zero-order valence-electron chi connectivity index (χ0n) is 8.92. The zero-order chi connectivity index (χ0) is 11.4. The Morgan fingerprint density at radius 1 is 1.25 bits per heavy atom. The summed E-state index contributed by atoms with van der Waals surface area (Å²) in [5.41, 5.74) is 7.29. The number of methoxy groups -OCH3 is 1. The van der Waals surface area contributed by atoms with Crippen LogP contribution in [0, 0.1) is 0 Å². The Balaban J connectivity index is 2.24. The Hall–Kier alpha value is -2.17. The van der Waals surface area contributed by atoms with E-state index in [1.807, 2.05) is 18.2 Å². The van der Waals surface area contributed by atoms with Crippen molar-refractivity contribution < 1.29 is 4.74 Å². The number of nitrogens with two attached hydrogens (primary N) is 1. The molecule has 82 valence electrons. The smallest absolute Gasteiger partial charge is 0.223 e. The molecule has 2 aromatic rings. The van der Waals surface area contributed by atoms with Gasteiger partial charge in [0.05, 0.1) is 12.8 Å². The molecule has 2 rings (SSSR count). The SMILES string of the molecule is COc1cc(Cc2ccccn2)nc(N)n1. The zero-order valence-corrected chi connectivity index (χ0v) is 8.92. The van der Waals surface area contributed by atoms with Crippen molar-refractivity contribution in [3.63, 3.8) is 0 Å². The van der Waals surface area contributed by atoms with Gasteiger partial charge in [0.25, 0.3) is 0 Å². The van der Waals surface area contributed by atoms with E-state index in [1.54, 1.807) is 19.4 Å². The second-order valence-electron chi connectivity index (χ2n) is 3.26. The van der Waals surface area contributed by atoms with Gasteiger partial charge in [0, 0.05) is 24.4 Å². The van der Waals surface area contributed by atoms with Crippen LogP contribution in [0.2, 0.25) is 0 Å². The minimum atomic E-state index is 0.213. The molecular formula is C11H12N4O. The largest absolute Gasteiger partial charge is 0.481 e. The maximum absolute atomic E-state index is 5.57. The summed E-state index contributed by atoms with van der Waals surface area (Å²) >= 11 is 0. The van der Waals surface area contributed by atoms with Gasteiger partial charge < -0.3 is 10.5 Å². The Kier molecular flexibility index (Phi) is 2.95. The van der Waals surface area contributed by atoms with E-state index in [9.17, 15) is 0 Å². The molecule has 0 aliphatic carbocycles. The Bertz CT molecular complexity index is 473. The standard InChI is InChI=1S/C11H12N4O/c1-16-10-7-9(14-11(12)15-10)6-8-4-2-3-5-13-8/h2-5,7H,6H2,1H3,(H2,12,14,15). The molecule has 2 heterocycles. The molecule has 0 spiro atoms. The Morgan fingerprint density at radius 3 is 2.81 bits per heavy atom. The first-order valence-electron chi connectivity index (χ1n) is 4.85. The van der Waals surface area contributed by atoms with Crippen LogP contribution in [-0.4, -0.2) is 22.1 Å². The summed E-state index contributed by atoms with van der Waals surface area (Å²) in [6.07, 6.45) is 2.36. The monoisotopic (exact) mass is 216 g/mol. The molecule has 0 bridgehead atoms. The number of nitrogens with zero attached hydrogens (tertiary/aromatic N) is 3. The molecule has 0 aliphatic heterocycles. The molecule has 16 heavy (non-hydrogen) atoms. The third-order valence-electron chi connectivity index (χ3n) is 2.07. The second-order valence-corrected chi connectivity index (χ2v) is 3.26. The summed E-state index contributed by atoms with van der Waals surface area (Å²) < 4.78 is 5.02. The number of anilines is 1. The van der Waals surface area contributed by atoms with Gasteiger partial charge in [-0.15, -0.1) is 0 Å². The van der Waals surface area contributed by atoms with Crippen molar-refractivity contribution >= 4 is 5.95 Å². The van der Waals surface area contributed by atoms with Gasteiger partial charge in [-0.25, -0.2) is 4.98 Å². The summed E-state index contributed by atoms with van der Waals surface area (Å²) in [6.45, 7) is 0. The number of hydrogen-bond acceptors (Lipinski definition) is 5. The molecule has 0 fully saturated rings. The van der Waals surface area contributed by atoms with Crippen molar-refractivity contribution in [2.75, 3.05) is 12.8 Å². The average molecular weight is 216 g/mol. The van der Waals surface area contributed by atoms with Gasteiger partial charge in [0.2, 0.25) is 11.8 Å². The van der Waals surface area contributed by atoms with Gasteiger partial charge in [-0.1, -0.05) is 6.07 Å². The number of ether oxygens (including phenoxy) is 1. The van der Waals surface area contributed by atoms with E-state index in [0.29, 0.717) is 12.3 Å². The molecule has 2 aromatic heterocycles. The number of nitrogen functional groups attached to an aromatic ring is 1. The molecule has 0 unspecified atom stereocenters. The summed E-state index contributed by atoms with van der Waals surface area (Å²) in [5, 5.41) is 0. The van der Waals surface area contributed by atoms with E-state index >= 15 is 0 Å². The highest BCUT2D eigenvalue weighted by Crippen LogP contribution is 2.12. The highest BCUT2D eigenvalue weighted by molar-refractivity contribution is 5.28. The minimum Gasteiger partial charge on any atom is -0.481 e. The van der Waals surface area contributed by atoms with E-state index in [2.05, 4.69) is 15.0 Å². The van der Waals surface area contributed by atoms with Gasteiger partial charge in [-0.05, 0) is 12.1 Å². The van der Waals surface area contributed by atoms with Crippen molar-refractivity contribution in [2.24, 2.45) is 0 Å². The molecule has 5 nitrogen and oxygen atoms in total. The van der Waals surface area contributed by atoms with Crippen LogP contribution in [0.15, 0.2) is 30.5 Å². The second kappa shape index (κ2) is 4.57. The fourth-order valence-corrected chi connectivity index (χ4v) is 1.38. The lowest BCUT2D eigenvalue weighted by Crippen LogP contribution is -2.02. The van der Waals surface area contributed by atoms with Crippen LogP contribution in [0.5, 0.6) is 5.88 Å². The van der Waals surface area contributed by atoms with E-state index < -0.39 is 0 Å². The Labute approximate surface area is 93.3 Å². The van der Waals surface area contributed by atoms with Crippen molar-refractivity contribution in [2.45, 2.75) is 6.42 Å². The van der Waals surface area contributed by atoms with E-state index in [4.69, 9.17) is 10.5 Å².